The molecule has 1 N–H and O–H groups in total. The lowest BCUT2D eigenvalue weighted by Gasteiger charge is -2.22. The summed E-state index contributed by atoms with van der Waals surface area (Å²) in [5, 5.41) is 7.45. The number of aromatic nitrogens is 3. The Labute approximate surface area is 118 Å². The topological polar surface area (TPSA) is 59.3 Å². The number of carbonyl (C=O) groups excluding carboxylic acids is 1. The van der Waals surface area contributed by atoms with Crippen LogP contribution in [0.15, 0.2) is 12.1 Å². The van der Waals surface area contributed by atoms with E-state index in [2.05, 4.69) is 15.4 Å². The number of hydrogen-bond acceptors (Lipinski definition) is 3. The first-order chi connectivity index (χ1) is 9.63. The maximum absolute atomic E-state index is 12.3. The Morgan fingerprint density at radius 3 is 2.75 bits per heavy atom. The van der Waals surface area contributed by atoms with Crippen molar-refractivity contribution < 1.29 is 4.79 Å². The molecule has 0 aromatic carbocycles. The number of carbonyl (C=O) groups is 1. The highest BCUT2D eigenvalue weighted by molar-refractivity contribution is 5.93. The van der Waals surface area contributed by atoms with Gasteiger partial charge in [0.05, 0.1) is 0 Å². The highest BCUT2D eigenvalue weighted by atomic mass is 16.2. The van der Waals surface area contributed by atoms with Crippen LogP contribution in [0.2, 0.25) is 0 Å². The minimum absolute atomic E-state index is 0.0838. The van der Waals surface area contributed by atoms with Crippen molar-refractivity contribution >= 4 is 11.6 Å². The minimum atomic E-state index is -0.0838. The second kappa shape index (κ2) is 5.23. The third kappa shape index (κ3) is 2.53. The third-order valence-electron chi connectivity index (χ3n) is 3.91. The minimum Gasteiger partial charge on any atom is -0.348 e. The number of nitrogens with one attached hydrogen (secondary N) is 1. The molecule has 2 aromatic heterocycles. The summed E-state index contributed by atoms with van der Waals surface area (Å²) < 4.78 is 1.72. The Hall–Kier alpha value is -1.91. The quantitative estimate of drug-likeness (QED) is 0.913. The fourth-order valence-electron chi connectivity index (χ4n) is 2.90. The van der Waals surface area contributed by atoms with Gasteiger partial charge in [-0.05, 0) is 32.8 Å². The standard InChI is InChI=1S/C15H20N4O/c1-10-8-11(2)19-14(16-10)9-13(18-19)15(20)17-12-6-4-3-5-7-12/h8-9,12H,3-7H2,1-2H3,(H,17,20). The fraction of sp³-hybridized carbons (Fsp3) is 0.533. The number of amides is 1. The van der Waals surface area contributed by atoms with Crippen molar-refractivity contribution in [3.8, 4) is 0 Å². The molecule has 2 heterocycles. The number of fused-ring (bicyclic) bond motifs is 1. The predicted molar refractivity (Wildman–Crippen MR) is 76.8 cm³/mol. The van der Waals surface area contributed by atoms with Crippen LogP contribution in [0, 0.1) is 13.8 Å². The molecule has 0 spiro atoms. The molecule has 0 saturated heterocycles. The summed E-state index contributed by atoms with van der Waals surface area (Å²) in [7, 11) is 0. The van der Waals surface area contributed by atoms with E-state index in [0.29, 0.717) is 11.7 Å². The SMILES string of the molecule is Cc1cc(C)n2nc(C(=O)NC3CCCCC3)cc2n1. The highest BCUT2D eigenvalue weighted by Gasteiger charge is 2.19. The Morgan fingerprint density at radius 2 is 2.00 bits per heavy atom. The number of nitrogens with zero attached hydrogens (tertiary/aromatic N) is 3. The molecule has 0 bridgehead atoms. The summed E-state index contributed by atoms with van der Waals surface area (Å²) in [4.78, 5) is 16.7. The van der Waals surface area contributed by atoms with E-state index in [1.807, 2.05) is 19.9 Å². The summed E-state index contributed by atoms with van der Waals surface area (Å²) in [6.45, 7) is 3.92. The first kappa shape index (κ1) is 13.1. The van der Waals surface area contributed by atoms with Crippen LogP contribution >= 0.6 is 0 Å². The number of hydrogen-bond donors (Lipinski definition) is 1. The molecule has 1 aliphatic rings. The van der Waals surface area contributed by atoms with Gasteiger partial charge >= 0.3 is 0 Å². The summed E-state index contributed by atoms with van der Waals surface area (Å²) in [5.41, 5.74) is 3.12. The van der Waals surface area contributed by atoms with Gasteiger partial charge in [0.2, 0.25) is 0 Å². The average molecular weight is 272 g/mol. The molecule has 0 atom stereocenters. The maximum atomic E-state index is 12.3. The van der Waals surface area contributed by atoms with Crippen LogP contribution in [0.1, 0.15) is 54.0 Å². The van der Waals surface area contributed by atoms with Crippen LogP contribution in [0.25, 0.3) is 5.65 Å². The second-order valence-electron chi connectivity index (χ2n) is 5.65. The zero-order valence-electron chi connectivity index (χ0n) is 12.0. The van der Waals surface area contributed by atoms with Crippen LogP contribution < -0.4 is 5.32 Å². The van der Waals surface area contributed by atoms with Crippen LogP contribution in [0.4, 0.5) is 0 Å². The van der Waals surface area contributed by atoms with E-state index in [9.17, 15) is 4.79 Å². The molecule has 1 saturated carbocycles. The van der Waals surface area contributed by atoms with E-state index in [0.717, 1.165) is 29.9 Å². The summed E-state index contributed by atoms with van der Waals surface area (Å²) in [6, 6.07) is 4.03. The van der Waals surface area contributed by atoms with Crippen LogP contribution in [0.5, 0.6) is 0 Å². The highest BCUT2D eigenvalue weighted by Crippen LogP contribution is 2.18. The van der Waals surface area contributed by atoms with Gasteiger partial charge in [0, 0.05) is 23.5 Å². The predicted octanol–water partition coefficient (Wildman–Crippen LogP) is 2.41. The van der Waals surface area contributed by atoms with Crippen molar-refractivity contribution in [1.82, 2.24) is 19.9 Å². The van der Waals surface area contributed by atoms with Crippen molar-refractivity contribution in [2.45, 2.75) is 52.0 Å². The summed E-state index contributed by atoms with van der Waals surface area (Å²) >= 11 is 0. The zero-order chi connectivity index (χ0) is 14.1. The van der Waals surface area contributed by atoms with Crippen LogP contribution in [0.3, 0.4) is 0 Å². The molecule has 5 nitrogen and oxygen atoms in total. The molecule has 0 aliphatic heterocycles. The number of aryl methyl sites for hydroxylation is 2. The lowest BCUT2D eigenvalue weighted by molar-refractivity contribution is 0.0922. The maximum Gasteiger partial charge on any atom is 0.272 e. The van der Waals surface area contributed by atoms with E-state index in [4.69, 9.17) is 0 Å². The van der Waals surface area contributed by atoms with Gasteiger partial charge in [-0.1, -0.05) is 19.3 Å². The molecule has 5 heteroatoms. The van der Waals surface area contributed by atoms with Gasteiger partial charge in [0.1, 0.15) is 0 Å². The lowest BCUT2D eigenvalue weighted by atomic mass is 9.95. The van der Waals surface area contributed by atoms with Crippen LogP contribution in [-0.2, 0) is 0 Å². The molecule has 2 aromatic rings. The molecule has 1 fully saturated rings. The Morgan fingerprint density at radius 1 is 1.25 bits per heavy atom. The molecule has 1 amide bonds. The van der Waals surface area contributed by atoms with Crippen molar-refractivity contribution in [3.05, 3.63) is 29.2 Å². The normalized spacial score (nSPS) is 16.5. The van der Waals surface area contributed by atoms with Gasteiger partial charge < -0.3 is 5.32 Å². The van der Waals surface area contributed by atoms with Crippen molar-refractivity contribution in [2.75, 3.05) is 0 Å². The van der Waals surface area contributed by atoms with Gasteiger partial charge in [-0.25, -0.2) is 9.50 Å². The van der Waals surface area contributed by atoms with Gasteiger partial charge in [-0.15, -0.1) is 0 Å². The largest absolute Gasteiger partial charge is 0.348 e. The zero-order valence-corrected chi connectivity index (χ0v) is 12.0. The molecule has 0 unspecified atom stereocenters. The van der Waals surface area contributed by atoms with E-state index in [-0.39, 0.29) is 5.91 Å². The summed E-state index contributed by atoms with van der Waals surface area (Å²) in [6.07, 6.45) is 5.85. The van der Waals surface area contributed by atoms with Gasteiger partial charge in [0.15, 0.2) is 11.3 Å². The van der Waals surface area contributed by atoms with E-state index < -0.39 is 0 Å². The smallest absolute Gasteiger partial charge is 0.272 e. The van der Waals surface area contributed by atoms with Crippen molar-refractivity contribution in [3.63, 3.8) is 0 Å². The molecule has 0 radical (unpaired) electrons. The third-order valence-corrected chi connectivity index (χ3v) is 3.91. The van der Waals surface area contributed by atoms with Crippen molar-refractivity contribution in [2.24, 2.45) is 0 Å². The average Bonchev–Trinajstić information content (AvgIpc) is 2.84. The molecular formula is C15H20N4O. The second-order valence-corrected chi connectivity index (χ2v) is 5.65. The molecule has 106 valence electrons. The van der Waals surface area contributed by atoms with Gasteiger partial charge in [-0.2, -0.15) is 5.10 Å². The van der Waals surface area contributed by atoms with Gasteiger partial charge in [0.25, 0.3) is 5.91 Å². The Balaban J connectivity index is 1.82. The van der Waals surface area contributed by atoms with E-state index >= 15 is 0 Å². The summed E-state index contributed by atoms with van der Waals surface area (Å²) in [5.74, 6) is -0.0838. The number of rotatable bonds is 2. The first-order valence-corrected chi connectivity index (χ1v) is 7.28. The molecular weight excluding hydrogens is 252 g/mol. The Kier molecular flexibility index (Phi) is 3.42. The molecule has 1 aliphatic carbocycles. The van der Waals surface area contributed by atoms with Gasteiger partial charge in [-0.3, -0.25) is 4.79 Å². The first-order valence-electron chi connectivity index (χ1n) is 7.28. The van der Waals surface area contributed by atoms with Crippen molar-refractivity contribution in [1.29, 1.82) is 0 Å². The van der Waals surface area contributed by atoms with Crippen LogP contribution in [-0.4, -0.2) is 26.5 Å². The monoisotopic (exact) mass is 272 g/mol. The van der Waals surface area contributed by atoms with E-state index in [1.54, 1.807) is 10.6 Å². The Bertz CT molecular complexity index is 641. The fourth-order valence-corrected chi connectivity index (χ4v) is 2.90. The molecule has 20 heavy (non-hydrogen) atoms. The lowest BCUT2D eigenvalue weighted by Crippen LogP contribution is -2.36. The molecule has 3 rings (SSSR count). The van der Waals surface area contributed by atoms with E-state index in [1.165, 1.54) is 19.3 Å².